The Bertz CT molecular complexity index is 3500. The smallest absolute Gasteiger partial charge is 0.355 e. The second-order valence-electron chi connectivity index (χ2n) is 13.9. The molecule has 0 bridgehead atoms. The van der Waals surface area contributed by atoms with Crippen LogP contribution >= 0.6 is 0 Å². The number of carbonyl (C=O) groups is 2. The lowest BCUT2D eigenvalue weighted by Crippen LogP contribution is -2.33. The van der Waals surface area contributed by atoms with E-state index in [2.05, 4.69) is 35.8 Å². The van der Waals surface area contributed by atoms with Gasteiger partial charge >= 0.3 is 5.97 Å². The summed E-state index contributed by atoms with van der Waals surface area (Å²) in [6.07, 6.45) is 0. The van der Waals surface area contributed by atoms with Gasteiger partial charge in [0.25, 0.3) is 36.3 Å². The summed E-state index contributed by atoms with van der Waals surface area (Å²) in [6, 6.07) is 18.2. The summed E-state index contributed by atoms with van der Waals surface area (Å²) in [5.41, 5.74) is -2.45. The minimum absolute atomic E-state index is 0.0782. The predicted molar refractivity (Wildman–Crippen MR) is 236 cm³/mol. The van der Waals surface area contributed by atoms with Crippen LogP contribution in [-0.2, 0) is 39.9 Å². The molecule has 6 aromatic carbocycles. The lowest BCUT2D eigenvalue weighted by molar-refractivity contribution is -0.130. The first kappa shape index (κ1) is 48.2. The zero-order valence-corrected chi connectivity index (χ0v) is 36.6. The van der Waals surface area contributed by atoms with Gasteiger partial charge in [-0.2, -0.15) is 45.6 Å². The number of anilines is 1. The second kappa shape index (κ2) is 19.3. The molecule has 0 saturated heterocycles. The van der Waals surface area contributed by atoms with Gasteiger partial charge in [0, 0.05) is 22.9 Å². The van der Waals surface area contributed by atoms with Gasteiger partial charge in [-0.3, -0.25) is 18.5 Å². The summed E-state index contributed by atoms with van der Waals surface area (Å²) in [7, 11) is -14.7. The van der Waals surface area contributed by atoms with Crippen molar-refractivity contribution in [1.82, 2.24) is 0 Å². The lowest BCUT2D eigenvalue weighted by Gasteiger charge is -2.13. The molecule has 6 aromatic rings. The van der Waals surface area contributed by atoms with Gasteiger partial charge in [0.2, 0.25) is 6.04 Å². The number of carboxylic acids is 1. The van der Waals surface area contributed by atoms with Crippen LogP contribution in [0.1, 0.15) is 0 Å². The largest absolute Gasteiger partial charge is 0.505 e. The minimum atomic E-state index is -5.22. The van der Waals surface area contributed by atoms with Crippen molar-refractivity contribution in [3.63, 3.8) is 0 Å². The van der Waals surface area contributed by atoms with E-state index in [9.17, 15) is 68.9 Å². The van der Waals surface area contributed by atoms with Crippen molar-refractivity contribution in [3.05, 3.63) is 97.1 Å². The maximum absolute atomic E-state index is 13.3. The number of carboxylic acid groups (broad SMARTS) is 1. The number of aromatic hydroxyl groups is 1. The van der Waals surface area contributed by atoms with Gasteiger partial charge in [-0.05, 0) is 65.4 Å². The zero-order valence-electron chi connectivity index (χ0n) is 34.2. The molecule has 28 heteroatoms. The normalized spacial score (nSPS) is 14.8. The molecule has 1 unspecified atom stereocenters. The first-order valence-electron chi connectivity index (χ1n) is 19.1. The van der Waals surface area contributed by atoms with Crippen LogP contribution in [0.15, 0.2) is 148 Å². The van der Waals surface area contributed by atoms with Crippen LogP contribution in [0.5, 0.6) is 17.2 Å². The number of rotatable bonds is 17. The summed E-state index contributed by atoms with van der Waals surface area (Å²) in [5.74, 6) is -3.89. The van der Waals surface area contributed by atoms with Crippen LogP contribution in [-0.4, -0.2) is 109 Å². The highest BCUT2D eigenvalue weighted by Gasteiger charge is 2.41. The highest BCUT2D eigenvalue weighted by molar-refractivity contribution is 7.86. The summed E-state index contributed by atoms with van der Waals surface area (Å²) < 4.78 is 114. The molecule has 0 aromatic heterocycles. The Hall–Kier alpha value is -7.70. The van der Waals surface area contributed by atoms with Gasteiger partial charge in [-0.25, -0.2) is 4.79 Å². The molecule has 1 heterocycles. The van der Waals surface area contributed by atoms with Crippen LogP contribution in [0.4, 0.5) is 34.1 Å². The third kappa shape index (κ3) is 10.3. The number of phenols is 1. The Morgan fingerprint density at radius 1 is 0.662 bits per heavy atom. The number of carbonyl (C=O) groups excluding carboxylic acids is 1. The number of aliphatic hydroxyl groups excluding tert-OH is 2. The number of aliphatic carboxylic acids is 1. The van der Waals surface area contributed by atoms with Crippen LogP contribution in [0.2, 0.25) is 0 Å². The maximum atomic E-state index is 13.3. The number of ether oxygens (including phenoxy) is 2. The summed E-state index contributed by atoms with van der Waals surface area (Å²) in [6.45, 7) is -1.71. The molecule has 0 fully saturated rings. The van der Waals surface area contributed by atoms with Crippen LogP contribution in [0, 0.1) is 0 Å². The Balaban J connectivity index is 1.24. The molecular formula is C40H32N8O17S3. The third-order valence-electron chi connectivity index (χ3n) is 9.49. The topological polar surface area (TPSA) is 386 Å². The molecular weight excluding hydrogens is 961 g/mol. The minimum Gasteiger partial charge on any atom is -0.505 e. The number of hydrogen-bond donors (Lipinski definition) is 7. The molecule has 7 N–H and O–H groups in total. The van der Waals surface area contributed by atoms with E-state index in [-0.39, 0.29) is 69.3 Å². The molecule has 0 saturated carbocycles. The number of fused-ring (bicyclic) bond motifs is 2. The van der Waals surface area contributed by atoms with E-state index in [0.717, 1.165) is 42.5 Å². The number of amides is 1. The van der Waals surface area contributed by atoms with E-state index in [1.54, 1.807) is 24.3 Å². The monoisotopic (exact) mass is 992 g/mol. The van der Waals surface area contributed by atoms with Crippen LogP contribution in [0.25, 0.3) is 21.5 Å². The highest BCUT2D eigenvalue weighted by Crippen LogP contribution is 2.46. The Morgan fingerprint density at radius 2 is 1.28 bits per heavy atom. The lowest BCUT2D eigenvalue weighted by atomic mass is 10.1. The van der Waals surface area contributed by atoms with Crippen molar-refractivity contribution < 1.29 is 78.4 Å². The summed E-state index contributed by atoms with van der Waals surface area (Å²) in [4.78, 5) is 23.3. The molecule has 1 amide bonds. The van der Waals surface area contributed by atoms with E-state index < -0.39 is 93.3 Å². The highest BCUT2D eigenvalue weighted by atomic mass is 32.2. The molecule has 1 aliphatic heterocycles. The summed E-state index contributed by atoms with van der Waals surface area (Å²) >= 11 is 0. The van der Waals surface area contributed by atoms with Gasteiger partial charge < -0.3 is 29.9 Å². The Kier molecular flexibility index (Phi) is 13.7. The van der Waals surface area contributed by atoms with Crippen molar-refractivity contribution in [2.24, 2.45) is 35.8 Å². The van der Waals surface area contributed by atoms with Crippen molar-refractivity contribution in [2.75, 3.05) is 31.4 Å². The number of phenolic OH excluding ortho intramolecular Hbond substituents is 1. The van der Waals surface area contributed by atoms with Gasteiger partial charge in [0.15, 0.2) is 11.5 Å². The van der Waals surface area contributed by atoms with E-state index >= 15 is 0 Å². The zero-order chi connectivity index (χ0) is 49.1. The SMILES string of the molecule is O=C(O)C1=NN(c2ccc(S(=O)(=O)O)cc2)C(=O)C1N=Nc1ccc2c(O)c(N=Nc3cc(OCCO)c(N=Nc4ccc5ccccc5c4S(=O)(=O)O)cc3OCCO)c(S(=O)(=O)O)cc2c1. The van der Waals surface area contributed by atoms with E-state index in [1.807, 2.05) is 0 Å². The fourth-order valence-corrected chi connectivity index (χ4v) is 8.48. The first-order chi connectivity index (χ1) is 32.2. The van der Waals surface area contributed by atoms with Gasteiger partial charge in [0.05, 0.1) is 29.5 Å². The van der Waals surface area contributed by atoms with Crippen molar-refractivity contribution >= 4 is 104 Å². The molecule has 0 spiro atoms. The fourth-order valence-electron chi connectivity index (χ4n) is 6.50. The summed E-state index contributed by atoms with van der Waals surface area (Å²) in [5, 5.41) is 68.9. The number of benzene rings is 6. The van der Waals surface area contributed by atoms with Crippen LogP contribution in [0.3, 0.4) is 0 Å². The van der Waals surface area contributed by atoms with Crippen LogP contribution < -0.4 is 14.5 Å². The quantitative estimate of drug-likeness (QED) is 0.0410. The average Bonchev–Trinajstić information content (AvgIpc) is 3.63. The molecule has 352 valence electrons. The Labute approximate surface area is 382 Å². The maximum Gasteiger partial charge on any atom is 0.355 e. The molecule has 0 aliphatic carbocycles. The molecule has 68 heavy (non-hydrogen) atoms. The molecule has 1 atom stereocenters. The second-order valence-corrected chi connectivity index (χ2v) is 18.1. The van der Waals surface area contributed by atoms with E-state index in [4.69, 9.17) is 9.47 Å². The van der Waals surface area contributed by atoms with Crippen molar-refractivity contribution in [2.45, 2.75) is 20.7 Å². The number of azo groups is 3. The number of hydrazone groups is 1. The predicted octanol–water partition coefficient (Wildman–Crippen LogP) is 5.95. The van der Waals surface area contributed by atoms with Crippen molar-refractivity contribution in [3.8, 4) is 17.2 Å². The van der Waals surface area contributed by atoms with Gasteiger partial charge in [0.1, 0.15) is 57.3 Å². The van der Waals surface area contributed by atoms with Crippen molar-refractivity contribution in [1.29, 1.82) is 0 Å². The standard InChI is InChI=1S/C40H32N8O17S3/c49-13-15-64-31-20-30(32(65-16-14-50)19-29(31)43-42-28-12-5-21-3-1-2-4-27(21)38(28)68(61,62)63)44-45-34-33(67(58,59)60)18-22-17-23(6-11-26(22)37(34)51)41-46-35-36(40(53)54)47-48(39(35)52)24-7-9-25(10-8-24)66(55,56)57/h1-12,17-20,35,49-51H,13-16H2,(H,53,54)(H,55,56,57)(H,58,59,60)(H,61,62,63). The third-order valence-corrected chi connectivity index (χ3v) is 12.2. The van der Waals surface area contributed by atoms with E-state index in [1.165, 1.54) is 30.3 Å². The molecule has 7 rings (SSSR count). The first-order valence-corrected chi connectivity index (χ1v) is 23.4. The molecule has 25 nitrogen and oxygen atoms in total. The van der Waals surface area contributed by atoms with Gasteiger partial charge in [-0.15, -0.1) is 20.5 Å². The van der Waals surface area contributed by atoms with E-state index in [0.29, 0.717) is 10.4 Å². The fraction of sp³-hybridized carbons (Fsp3) is 0.125. The number of aliphatic hydroxyl groups is 2. The molecule has 0 radical (unpaired) electrons. The number of hydrogen-bond acceptors (Lipinski definition) is 20. The Morgan fingerprint density at radius 3 is 1.87 bits per heavy atom. The average molecular weight is 993 g/mol. The molecule has 1 aliphatic rings. The van der Waals surface area contributed by atoms with Gasteiger partial charge in [-0.1, -0.05) is 30.3 Å². The number of nitrogens with zero attached hydrogens (tertiary/aromatic N) is 8.